The monoisotopic (exact) mass is 246 g/mol. The fraction of sp³-hybridized carbons (Fsp3) is 0.400. The molecule has 0 aliphatic rings. The van der Waals surface area contributed by atoms with Crippen LogP contribution in [-0.4, -0.2) is 20.0 Å². The molecule has 0 fully saturated rings. The third-order valence-electron chi connectivity index (χ3n) is 1.93. The van der Waals surface area contributed by atoms with Crippen LogP contribution in [-0.2, 0) is 19.6 Å². The maximum atomic E-state index is 10.7. The molecule has 0 aliphatic carbocycles. The Labute approximate surface area is 90.8 Å². The summed E-state index contributed by atoms with van der Waals surface area (Å²) in [4.78, 5) is 0. The quantitative estimate of drug-likeness (QED) is 0.761. The first-order chi connectivity index (χ1) is 6.76. The molecule has 0 aromatic heterocycles. The van der Waals surface area contributed by atoms with Gasteiger partial charge >= 0.3 is 90.2 Å². The maximum absolute atomic E-state index is 10.7. The van der Waals surface area contributed by atoms with E-state index in [9.17, 15) is 9.13 Å². The Balaban J connectivity index is 2.88. The van der Waals surface area contributed by atoms with Crippen LogP contribution >= 0.6 is 14.7 Å². The second kappa shape index (κ2) is 4.17. The molecule has 0 heterocycles. The van der Waals surface area contributed by atoms with Gasteiger partial charge in [-0.05, 0) is 0 Å². The summed E-state index contributed by atoms with van der Waals surface area (Å²) >= 11 is 0. The molecule has 15 heavy (non-hydrogen) atoms. The minimum absolute atomic E-state index is 0.676. The van der Waals surface area contributed by atoms with E-state index >= 15 is 0 Å². The Kier molecular flexibility index (Phi) is 3.50. The molecule has 1 aromatic carbocycles. The van der Waals surface area contributed by atoms with E-state index in [0.29, 0.717) is 6.16 Å². The summed E-state index contributed by atoms with van der Waals surface area (Å²) in [6.07, 6.45) is 0.676. The zero-order valence-electron chi connectivity index (χ0n) is 9.21. The van der Waals surface area contributed by atoms with E-state index in [-0.39, 0.29) is 0 Å². The molecule has 0 spiro atoms. The van der Waals surface area contributed by atoms with Crippen molar-refractivity contribution in [3.8, 4) is 0 Å². The minimum atomic E-state index is -2.78. The van der Waals surface area contributed by atoms with Gasteiger partial charge in [0.15, 0.2) is 0 Å². The molecule has 84 valence electrons. The number of rotatable bonds is 4. The SMILES string of the molecule is CP(C)(C)(Cc1ccccc1)OP(=O)=O. The normalized spacial score (nSPS) is 14.2. The van der Waals surface area contributed by atoms with E-state index in [1.807, 2.05) is 50.3 Å². The predicted octanol–water partition coefficient (Wildman–Crippen LogP) is 3.65. The van der Waals surface area contributed by atoms with Crippen LogP contribution < -0.4 is 0 Å². The van der Waals surface area contributed by atoms with Crippen molar-refractivity contribution in [2.45, 2.75) is 6.16 Å². The van der Waals surface area contributed by atoms with E-state index in [1.54, 1.807) is 0 Å². The van der Waals surface area contributed by atoms with Gasteiger partial charge in [0, 0.05) is 0 Å². The van der Waals surface area contributed by atoms with E-state index in [4.69, 9.17) is 4.31 Å². The standard InChI is InChI=1S/C10H16O3P2/c1-15(2,3,13-14(11)12)9-10-7-5-4-6-8-10/h4-8H,9H2,1-3H3. The Morgan fingerprint density at radius 3 is 2.13 bits per heavy atom. The molecule has 0 atom stereocenters. The first kappa shape index (κ1) is 12.6. The molecular weight excluding hydrogens is 230 g/mol. The fourth-order valence-corrected chi connectivity index (χ4v) is 5.15. The van der Waals surface area contributed by atoms with E-state index < -0.39 is 14.7 Å². The van der Waals surface area contributed by atoms with Crippen LogP contribution in [0.2, 0.25) is 0 Å². The van der Waals surface area contributed by atoms with Crippen molar-refractivity contribution in [1.29, 1.82) is 0 Å². The van der Waals surface area contributed by atoms with Gasteiger partial charge in [0.2, 0.25) is 0 Å². The van der Waals surface area contributed by atoms with Crippen molar-refractivity contribution in [1.82, 2.24) is 0 Å². The van der Waals surface area contributed by atoms with Crippen molar-refractivity contribution in [2.75, 3.05) is 20.0 Å². The van der Waals surface area contributed by atoms with Gasteiger partial charge in [0.1, 0.15) is 0 Å². The van der Waals surface area contributed by atoms with E-state index in [0.717, 1.165) is 5.56 Å². The summed E-state index contributed by atoms with van der Waals surface area (Å²) in [5.74, 6) is 0. The van der Waals surface area contributed by atoms with Gasteiger partial charge in [0.25, 0.3) is 0 Å². The first-order valence-electron chi connectivity index (χ1n) is 4.65. The zero-order valence-corrected chi connectivity index (χ0v) is 11.0. The molecule has 0 aliphatic heterocycles. The molecule has 0 saturated carbocycles. The van der Waals surface area contributed by atoms with Gasteiger partial charge in [-0.25, -0.2) is 0 Å². The van der Waals surface area contributed by atoms with Gasteiger partial charge in [-0.3, -0.25) is 0 Å². The molecule has 0 amide bonds. The fourth-order valence-electron chi connectivity index (χ4n) is 1.48. The molecule has 5 heteroatoms. The molecule has 0 radical (unpaired) electrons. The summed E-state index contributed by atoms with van der Waals surface area (Å²) in [5, 5.41) is 0. The van der Waals surface area contributed by atoms with Gasteiger partial charge in [-0.2, -0.15) is 0 Å². The second-order valence-corrected chi connectivity index (χ2v) is 12.3. The average Bonchev–Trinajstić information content (AvgIpc) is 2.00. The molecule has 1 rings (SSSR count). The van der Waals surface area contributed by atoms with Gasteiger partial charge in [-0.15, -0.1) is 0 Å². The van der Waals surface area contributed by atoms with Crippen LogP contribution in [0, 0.1) is 0 Å². The van der Waals surface area contributed by atoms with Crippen LogP contribution in [0.25, 0.3) is 0 Å². The predicted molar refractivity (Wildman–Crippen MR) is 64.2 cm³/mol. The number of hydrogen-bond donors (Lipinski definition) is 0. The second-order valence-electron chi connectivity index (χ2n) is 4.92. The Bertz CT molecular complexity index is 394. The van der Waals surface area contributed by atoms with Crippen LogP contribution in [0.3, 0.4) is 0 Å². The summed E-state index contributed by atoms with van der Waals surface area (Å²) in [7, 11) is -2.78. The zero-order chi connectivity index (χ0) is 11.6. The summed E-state index contributed by atoms with van der Waals surface area (Å²) in [6.45, 7) is 3.15. The van der Waals surface area contributed by atoms with Crippen molar-refractivity contribution in [3.05, 3.63) is 35.9 Å². The van der Waals surface area contributed by atoms with Crippen LogP contribution in [0.4, 0.5) is 0 Å². The molecule has 0 bridgehead atoms. The number of hydrogen-bond acceptors (Lipinski definition) is 3. The van der Waals surface area contributed by atoms with Crippen LogP contribution in [0.15, 0.2) is 30.3 Å². The first-order valence-corrected chi connectivity index (χ1v) is 9.43. The van der Waals surface area contributed by atoms with Crippen LogP contribution in [0.1, 0.15) is 5.56 Å². The Hall–Kier alpha value is -0.490. The molecule has 1 aromatic rings. The molecule has 3 nitrogen and oxygen atoms in total. The van der Waals surface area contributed by atoms with Gasteiger partial charge in [0.05, 0.1) is 0 Å². The van der Waals surface area contributed by atoms with Crippen LogP contribution in [0.5, 0.6) is 0 Å². The Morgan fingerprint density at radius 1 is 1.13 bits per heavy atom. The summed E-state index contributed by atoms with van der Waals surface area (Å²) in [5.41, 5.74) is 1.11. The Morgan fingerprint density at radius 2 is 1.67 bits per heavy atom. The third-order valence-corrected chi connectivity index (χ3v) is 6.33. The molecule has 0 unspecified atom stereocenters. The number of benzene rings is 1. The van der Waals surface area contributed by atoms with Crippen molar-refractivity contribution in [2.24, 2.45) is 0 Å². The van der Waals surface area contributed by atoms with Crippen molar-refractivity contribution in [3.63, 3.8) is 0 Å². The van der Waals surface area contributed by atoms with E-state index in [2.05, 4.69) is 0 Å². The van der Waals surface area contributed by atoms with E-state index in [1.165, 1.54) is 0 Å². The summed E-state index contributed by atoms with van der Waals surface area (Å²) < 4.78 is 26.4. The third kappa shape index (κ3) is 4.70. The van der Waals surface area contributed by atoms with Crippen molar-refractivity contribution < 1.29 is 13.4 Å². The molecule has 0 saturated heterocycles. The molecule has 0 N–H and O–H groups in total. The van der Waals surface area contributed by atoms with Crippen molar-refractivity contribution >= 4 is 14.7 Å². The van der Waals surface area contributed by atoms with Gasteiger partial charge in [-0.1, -0.05) is 0 Å². The molecular formula is C10H16O3P2. The summed E-state index contributed by atoms with van der Waals surface area (Å²) in [6, 6.07) is 9.80. The topological polar surface area (TPSA) is 43.4 Å². The average molecular weight is 246 g/mol. The van der Waals surface area contributed by atoms with Gasteiger partial charge < -0.3 is 0 Å².